The van der Waals surface area contributed by atoms with Gasteiger partial charge in [0, 0.05) is 16.5 Å². The first-order chi connectivity index (χ1) is 7.95. The number of halogens is 3. The molecule has 1 aromatic carbocycles. The highest BCUT2D eigenvalue weighted by molar-refractivity contribution is 6.35. The van der Waals surface area contributed by atoms with E-state index in [2.05, 4.69) is 0 Å². The zero-order valence-electron chi connectivity index (χ0n) is 8.67. The van der Waals surface area contributed by atoms with Crippen molar-refractivity contribution in [2.45, 2.75) is 12.8 Å². The van der Waals surface area contributed by atoms with Crippen molar-refractivity contribution in [2.75, 3.05) is 5.88 Å². The Morgan fingerprint density at radius 2 is 1.53 bits per heavy atom. The Hall–Kier alpha value is -0.770. The lowest BCUT2D eigenvalue weighted by atomic mass is 10.00. The zero-order chi connectivity index (χ0) is 13.0. The fraction of sp³-hybridized carbons (Fsp3) is 0.273. The van der Waals surface area contributed by atoms with Gasteiger partial charge in [-0.25, -0.2) is 0 Å². The van der Waals surface area contributed by atoms with E-state index in [0.717, 1.165) is 0 Å². The van der Waals surface area contributed by atoms with Gasteiger partial charge in [0.15, 0.2) is 5.78 Å². The highest BCUT2D eigenvalue weighted by atomic mass is 35.5. The van der Waals surface area contributed by atoms with Crippen LogP contribution in [0.4, 0.5) is 0 Å². The largest absolute Gasteiger partial charge is 0.481 e. The van der Waals surface area contributed by atoms with Crippen LogP contribution in [0.25, 0.3) is 0 Å². The fourth-order valence-electron chi connectivity index (χ4n) is 1.41. The van der Waals surface area contributed by atoms with Crippen LogP contribution in [0.3, 0.4) is 0 Å². The minimum Gasteiger partial charge on any atom is -0.481 e. The number of Topliss-reactive ketones (excluding diaryl/α,β-unsaturated/α-hetero) is 1. The van der Waals surface area contributed by atoms with Crippen LogP contribution in [0.15, 0.2) is 12.1 Å². The number of hydrogen-bond donors (Lipinski definition) is 1. The summed E-state index contributed by atoms with van der Waals surface area (Å²) in [5.74, 6) is -1.41. The number of carboxylic acid groups (broad SMARTS) is 1. The van der Waals surface area contributed by atoms with Crippen LogP contribution >= 0.6 is 34.8 Å². The average Bonchev–Trinajstić information content (AvgIpc) is 2.27. The highest BCUT2D eigenvalue weighted by Crippen LogP contribution is 2.28. The molecule has 0 radical (unpaired) electrons. The number of ketones is 1. The Bertz CT molecular complexity index is 458. The summed E-state index contributed by atoms with van der Waals surface area (Å²) >= 11 is 17.3. The lowest BCUT2D eigenvalue weighted by Gasteiger charge is -2.10. The number of alkyl halides is 1. The summed E-state index contributed by atoms with van der Waals surface area (Å²) in [5.41, 5.74) is 0.803. The number of carbonyl (C=O) groups excluding carboxylic acids is 1. The van der Waals surface area contributed by atoms with Gasteiger partial charge in [-0.1, -0.05) is 23.2 Å². The molecular weight excluding hydrogens is 286 g/mol. The van der Waals surface area contributed by atoms with Gasteiger partial charge in [-0.3, -0.25) is 9.59 Å². The van der Waals surface area contributed by atoms with Crippen molar-refractivity contribution in [3.8, 4) is 0 Å². The van der Waals surface area contributed by atoms with Crippen molar-refractivity contribution in [3.63, 3.8) is 0 Å². The van der Waals surface area contributed by atoms with E-state index < -0.39 is 5.97 Å². The number of carbonyl (C=O) groups is 2. The maximum atomic E-state index is 11.3. The third kappa shape index (κ3) is 3.87. The molecule has 3 nitrogen and oxygen atoms in total. The van der Waals surface area contributed by atoms with Crippen LogP contribution < -0.4 is 0 Å². The molecule has 0 amide bonds. The molecule has 1 N–H and O–H groups in total. The predicted octanol–water partition coefficient (Wildman–Crippen LogP) is 2.97. The van der Waals surface area contributed by atoms with Crippen LogP contribution in [-0.4, -0.2) is 22.7 Å². The first-order valence-electron chi connectivity index (χ1n) is 4.71. The molecule has 92 valence electrons. The van der Waals surface area contributed by atoms with Gasteiger partial charge in [-0.15, -0.1) is 11.6 Å². The fourth-order valence-corrected chi connectivity index (χ4v) is 2.00. The Kier molecular flexibility index (Phi) is 5.25. The summed E-state index contributed by atoms with van der Waals surface area (Å²) in [6.45, 7) is 0. The number of hydrogen-bond acceptors (Lipinski definition) is 2. The lowest BCUT2D eigenvalue weighted by molar-refractivity contribution is -0.136. The predicted molar refractivity (Wildman–Crippen MR) is 67.2 cm³/mol. The molecular formula is C11H9Cl3O3. The van der Waals surface area contributed by atoms with Crippen LogP contribution in [0, 0.1) is 0 Å². The van der Waals surface area contributed by atoms with Crippen LogP contribution in [0.2, 0.25) is 10.0 Å². The highest BCUT2D eigenvalue weighted by Gasteiger charge is 2.16. The molecule has 0 aliphatic heterocycles. The molecule has 0 bridgehead atoms. The summed E-state index contributed by atoms with van der Waals surface area (Å²) in [7, 11) is 0. The van der Waals surface area contributed by atoms with E-state index in [1.807, 2.05) is 0 Å². The monoisotopic (exact) mass is 294 g/mol. The lowest BCUT2D eigenvalue weighted by Crippen LogP contribution is -2.10. The number of carboxylic acids is 1. The molecule has 0 saturated carbocycles. The topological polar surface area (TPSA) is 54.4 Å². The third-order valence-corrected chi connectivity index (χ3v) is 3.17. The quantitative estimate of drug-likeness (QED) is 0.850. The van der Waals surface area contributed by atoms with E-state index in [9.17, 15) is 9.59 Å². The second kappa shape index (κ2) is 6.24. The van der Waals surface area contributed by atoms with E-state index in [-0.39, 0.29) is 29.5 Å². The molecule has 0 fully saturated rings. The summed E-state index contributed by atoms with van der Waals surface area (Å²) in [6.07, 6.45) is -0.282. The van der Waals surface area contributed by atoms with Gasteiger partial charge in [0.2, 0.25) is 0 Å². The average molecular weight is 296 g/mol. The smallest absolute Gasteiger partial charge is 0.307 e. The normalized spacial score (nSPS) is 10.3. The number of benzene rings is 1. The summed E-state index contributed by atoms with van der Waals surface area (Å²) in [6, 6.07) is 3.04. The van der Waals surface area contributed by atoms with E-state index in [0.29, 0.717) is 16.1 Å². The Morgan fingerprint density at radius 1 is 1.06 bits per heavy atom. The molecule has 0 saturated heterocycles. The molecule has 6 heteroatoms. The standard InChI is InChI=1S/C11H9Cl3O3/c12-5-6(15)3-7-8(4-11(16)17)10(14)2-1-9(7)13/h1-2H,3-5H2,(H,16,17). The van der Waals surface area contributed by atoms with Gasteiger partial charge in [0.1, 0.15) is 0 Å². The third-order valence-electron chi connectivity index (χ3n) is 2.17. The minimum absolute atomic E-state index is 0.00843. The molecule has 0 aliphatic carbocycles. The molecule has 1 aromatic rings. The molecule has 17 heavy (non-hydrogen) atoms. The Labute approximate surface area is 113 Å². The minimum atomic E-state index is -1.03. The van der Waals surface area contributed by atoms with Gasteiger partial charge >= 0.3 is 5.97 Å². The van der Waals surface area contributed by atoms with Gasteiger partial charge in [0.05, 0.1) is 12.3 Å². The van der Waals surface area contributed by atoms with Crippen molar-refractivity contribution in [1.82, 2.24) is 0 Å². The number of aliphatic carboxylic acids is 1. The summed E-state index contributed by atoms with van der Waals surface area (Å²) < 4.78 is 0. The van der Waals surface area contributed by atoms with Crippen molar-refractivity contribution in [3.05, 3.63) is 33.3 Å². The second-order valence-corrected chi connectivity index (χ2v) is 4.49. The molecule has 0 spiro atoms. The van der Waals surface area contributed by atoms with Crippen molar-refractivity contribution in [2.24, 2.45) is 0 Å². The van der Waals surface area contributed by atoms with Crippen molar-refractivity contribution in [1.29, 1.82) is 0 Å². The first-order valence-corrected chi connectivity index (χ1v) is 6.00. The Morgan fingerprint density at radius 3 is 1.94 bits per heavy atom. The maximum Gasteiger partial charge on any atom is 0.307 e. The molecule has 0 heterocycles. The number of rotatable bonds is 5. The Balaban J connectivity index is 3.19. The SMILES string of the molecule is O=C(O)Cc1c(Cl)ccc(Cl)c1CC(=O)CCl. The van der Waals surface area contributed by atoms with E-state index in [4.69, 9.17) is 39.9 Å². The maximum absolute atomic E-state index is 11.3. The van der Waals surface area contributed by atoms with E-state index in [1.165, 1.54) is 12.1 Å². The van der Waals surface area contributed by atoms with E-state index >= 15 is 0 Å². The second-order valence-electron chi connectivity index (χ2n) is 3.41. The van der Waals surface area contributed by atoms with Crippen LogP contribution in [0.5, 0.6) is 0 Å². The zero-order valence-corrected chi connectivity index (χ0v) is 10.9. The molecule has 0 atom stereocenters. The first kappa shape index (κ1) is 14.3. The van der Waals surface area contributed by atoms with Gasteiger partial charge in [-0.05, 0) is 23.3 Å². The van der Waals surface area contributed by atoms with Crippen molar-refractivity contribution < 1.29 is 14.7 Å². The van der Waals surface area contributed by atoms with Crippen LogP contribution in [0.1, 0.15) is 11.1 Å². The molecule has 0 unspecified atom stereocenters. The molecule has 0 aromatic heterocycles. The van der Waals surface area contributed by atoms with Crippen LogP contribution in [-0.2, 0) is 22.4 Å². The van der Waals surface area contributed by atoms with Gasteiger partial charge in [-0.2, -0.15) is 0 Å². The van der Waals surface area contributed by atoms with Gasteiger partial charge < -0.3 is 5.11 Å². The van der Waals surface area contributed by atoms with Crippen molar-refractivity contribution >= 4 is 46.6 Å². The summed E-state index contributed by atoms with van der Waals surface area (Å²) in [4.78, 5) is 22.0. The molecule has 1 rings (SSSR count). The summed E-state index contributed by atoms with van der Waals surface area (Å²) in [5, 5.41) is 9.39. The van der Waals surface area contributed by atoms with Gasteiger partial charge in [0.25, 0.3) is 0 Å². The van der Waals surface area contributed by atoms with E-state index in [1.54, 1.807) is 0 Å². The molecule has 0 aliphatic rings.